The first kappa shape index (κ1) is 20.2. The molecule has 0 atom stereocenters. The molecule has 2 N–H and O–H groups in total. The molecule has 9 heteroatoms. The van der Waals surface area contributed by atoms with E-state index in [0.29, 0.717) is 28.9 Å². The molecule has 0 saturated carbocycles. The molecule has 1 aliphatic heterocycles. The minimum Gasteiger partial charge on any atom is -0.378 e. The largest absolute Gasteiger partial charge is 0.378 e. The SMILES string of the molecule is O=C(NC(=S)Nc1cc(Cl)ccc1N1CCOCC1)c1cc(Cl)ccc1Cl. The van der Waals surface area contributed by atoms with Crippen molar-refractivity contribution in [2.24, 2.45) is 0 Å². The first-order valence-electron chi connectivity index (χ1n) is 8.13. The van der Waals surface area contributed by atoms with Crippen LogP contribution in [0.2, 0.25) is 15.1 Å². The lowest BCUT2D eigenvalue weighted by molar-refractivity contribution is 0.0978. The van der Waals surface area contributed by atoms with Crippen molar-refractivity contribution in [3.05, 3.63) is 57.0 Å². The zero-order valence-electron chi connectivity index (χ0n) is 14.1. The van der Waals surface area contributed by atoms with E-state index in [1.165, 1.54) is 6.07 Å². The number of amides is 1. The number of carbonyl (C=O) groups excluding carboxylic acids is 1. The van der Waals surface area contributed by atoms with Gasteiger partial charge < -0.3 is 15.0 Å². The summed E-state index contributed by atoms with van der Waals surface area (Å²) in [6.07, 6.45) is 0. The molecule has 1 fully saturated rings. The Balaban J connectivity index is 1.74. The van der Waals surface area contributed by atoms with Crippen LogP contribution in [0.15, 0.2) is 36.4 Å². The molecule has 142 valence electrons. The lowest BCUT2D eigenvalue weighted by atomic mass is 10.2. The van der Waals surface area contributed by atoms with Crippen molar-refractivity contribution in [1.82, 2.24) is 5.32 Å². The second kappa shape index (κ2) is 9.08. The predicted octanol–water partition coefficient (Wildman–Crippen LogP) is 4.61. The van der Waals surface area contributed by atoms with Gasteiger partial charge in [-0.2, -0.15) is 0 Å². The maximum absolute atomic E-state index is 12.4. The fourth-order valence-electron chi connectivity index (χ4n) is 2.68. The van der Waals surface area contributed by atoms with Gasteiger partial charge in [-0.3, -0.25) is 10.1 Å². The third kappa shape index (κ3) is 5.24. The van der Waals surface area contributed by atoms with Crippen LogP contribution in [-0.4, -0.2) is 37.3 Å². The zero-order chi connectivity index (χ0) is 19.4. The number of anilines is 2. The van der Waals surface area contributed by atoms with E-state index in [1.807, 2.05) is 12.1 Å². The predicted molar refractivity (Wildman–Crippen MR) is 115 cm³/mol. The number of benzene rings is 2. The molecule has 0 spiro atoms. The van der Waals surface area contributed by atoms with E-state index in [-0.39, 0.29) is 15.7 Å². The highest BCUT2D eigenvalue weighted by molar-refractivity contribution is 7.80. The van der Waals surface area contributed by atoms with E-state index in [0.717, 1.165) is 18.8 Å². The average molecular weight is 445 g/mol. The molecular weight excluding hydrogens is 429 g/mol. The Labute approximate surface area is 177 Å². The highest BCUT2D eigenvalue weighted by atomic mass is 35.5. The van der Waals surface area contributed by atoms with Gasteiger partial charge in [0.1, 0.15) is 0 Å². The zero-order valence-corrected chi connectivity index (χ0v) is 17.2. The van der Waals surface area contributed by atoms with Crippen LogP contribution in [0.3, 0.4) is 0 Å². The summed E-state index contributed by atoms with van der Waals surface area (Å²) >= 11 is 23.4. The molecule has 3 rings (SSSR count). The number of morpholine rings is 1. The summed E-state index contributed by atoms with van der Waals surface area (Å²) in [6, 6.07) is 10.1. The normalized spacial score (nSPS) is 14.0. The van der Waals surface area contributed by atoms with Crippen molar-refractivity contribution in [3.63, 3.8) is 0 Å². The summed E-state index contributed by atoms with van der Waals surface area (Å²) in [5.74, 6) is -0.449. The number of hydrogen-bond donors (Lipinski definition) is 2. The maximum Gasteiger partial charge on any atom is 0.258 e. The minimum absolute atomic E-state index is 0.132. The van der Waals surface area contributed by atoms with Gasteiger partial charge in [-0.25, -0.2) is 0 Å². The quantitative estimate of drug-likeness (QED) is 0.677. The van der Waals surface area contributed by atoms with Gasteiger partial charge in [-0.05, 0) is 48.6 Å². The molecule has 0 aromatic heterocycles. The number of nitrogens with one attached hydrogen (secondary N) is 2. The summed E-state index contributed by atoms with van der Waals surface area (Å²) in [7, 11) is 0. The van der Waals surface area contributed by atoms with Crippen molar-refractivity contribution in [3.8, 4) is 0 Å². The molecule has 2 aromatic carbocycles. The Morgan fingerprint density at radius 1 is 1.04 bits per heavy atom. The number of carbonyl (C=O) groups is 1. The molecule has 0 bridgehead atoms. The molecule has 1 amide bonds. The number of ether oxygens (including phenoxy) is 1. The lowest BCUT2D eigenvalue weighted by Gasteiger charge is -2.30. The lowest BCUT2D eigenvalue weighted by Crippen LogP contribution is -2.38. The first-order chi connectivity index (χ1) is 12.9. The second-order valence-electron chi connectivity index (χ2n) is 5.79. The number of thiocarbonyl (C=S) groups is 1. The molecule has 0 radical (unpaired) electrons. The molecule has 1 aliphatic rings. The second-order valence-corrected chi connectivity index (χ2v) is 7.48. The van der Waals surface area contributed by atoms with Crippen molar-refractivity contribution in [1.29, 1.82) is 0 Å². The van der Waals surface area contributed by atoms with Crippen LogP contribution in [0.5, 0.6) is 0 Å². The van der Waals surface area contributed by atoms with Gasteiger partial charge in [-0.1, -0.05) is 34.8 Å². The summed E-state index contributed by atoms with van der Waals surface area (Å²) in [5.41, 5.74) is 1.87. The molecule has 1 saturated heterocycles. The van der Waals surface area contributed by atoms with Crippen molar-refractivity contribution in [2.45, 2.75) is 0 Å². The van der Waals surface area contributed by atoms with Gasteiger partial charge >= 0.3 is 0 Å². The molecule has 1 heterocycles. The first-order valence-corrected chi connectivity index (χ1v) is 9.68. The fourth-order valence-corrected chi connectivity index (χ4v) is 3.43. The monoisotopic (exact) mass is 443 g/mol. The molecule has 5 nitrogen and oxygen atoms in total. The van der Waals surface area contributed by atoms with E-state index in [9.17, 15) is 4.79 Å². The van der Waals surface area contributed by atoms with Gasteiger partial charge in [0.05, 0.1) is 35.2 Å². The van der Waals surface area contributed by atoms with Crippen LogP contribution in [-0.2, 0) is 4.74 Å². The van der Waals surface area contributed by atoms with E-state index in [4.69, 9.17) is 51.8 Å². The third-order valence-corrected chi connectivity index (χ3v) is 4.96. The van der Waals surface area contributed by atoms with Crippen LogP contribution < -0.4 is 15.5 Å². The van der Waals surface area contributed by atoms with Gasteiger partial charge in [0.2, 0.25) is 0 Å². The van der Waals surface area contributed by atoms with E-state index in [2.05, 4.69) is 15.5 Å². The highest BCUT2D eigenvalue weighted by Crippen LogP contribution is 2.30. The van der Waals surface area contributed by atoms with Gasteiger partial charge in [0.25, 0.3) is 5.91 Å². The summed E-state index contributed by atoms with van der Waals surface area (Å²) in [4.78, 5) is 14.6. The summed E-state index contributed by atoms with van der Waals surface area (Å²) in [6.45, 7) is 2.81. The van der Waals surface area contributed by atoms with Crippen LogP contribution in [0, 0.1) is 0 Å². The van der Waals surface area contributed by atoms with Gasteiger partial charge in [-0.15, -0.1) is 0 Å². The van der Waals surface area contributed by atoms with Crippen molar-refractivity contribution >= 4 is 69.4 Å². The van der Waals surface area contributed by atoms with Crippen molar-refractivity contribution in [2.75, 3.05) is 36.5 Å². The van der Waals surface area contributed by atoms with Crippen LogP contribution >= 0.6 is 47.0 Å². The highest BCUT2D eigenvalue weighted by Gasteiger charge is 2.17. The minimum atomic E-state index is -0.449. The van der Waals surface area contributed by atoms with Crippen LogP contribution in [0.4, 0.5) is 11.4 Å². The topological polar surface area (TPSA) is 53.6 Å². The molecule has 0 aliphatic carbocycles. The van der Waals surface area contributed by atoms with Crippen LogP contribution in [0.1, 0.15) is 10.4 Å². The van der Waals surface area contributed by atoms with Crippen LogP contribution in [0.25, 0.3) is 0 Å². The third-order valence-electron chi connectivity index (χ3n) is 3.96. The maximum atomic E-state index is 12.4. The van der Waals surface area contributed by atoms with E-state index >= 15 is 0 Å². The summed E-state index contributed by atoms with van der Waals surface area (Å²) < 4.78 is 5.39. The standard InChI is InChI=1S/C18H16Cl3N3O2S/c19-11-1-3-14(21)13(9-11)17(25)23-18(27)22-15-10-12(20)2-4-16(15)24-5-7-26-8-6-24/h1-4,9-10H,5-8H2,(H2,22,23,25,27). The number of nitrogens with zero attached hydrogens (tertiary/aromatic N) is 1. The number of hydrogen-bond acceptors (Lipinski definition) is 4. The average Bonchev–Trinajstić information content (AvgIpc) is 2.64. The van der Waals surface area contributed by atoms with E-state index in [1.54, 1.807) is 18.2 Å². The Hall–Kier alpha value is -1.57. The fraction of sp³-hybridized carbons (Fsp3) is 0.222. The van der Waals surface area contributed by atoms with Gasteiger partial charge in [0, 0.05) is 23.1 Å². The Morgan fingerprint density at radius 3 is 2.44 bits per heavy atom. The van der Waals surface area contributed by atoms with Crippen molar-refractivity contribution < 1.29 is 9.53 Å². The number of rotatable bonds is 3. The van der Waals surface area contributed by atoms with E-state index < -0.39 is 5.91 Å². The Morgan fingerprint density at radius 2 is 1.70 bits per heavy atom. The smallest absolute Gasteiger partial charge is 0.258 e. The molecule has 2 aromatic rings. The number of halogens is 3. The molecule has 0 unspecified atom stereocenters. The Kier molecular flexibility index (Phi) is 6.78. The summed E-state index contributed by atoms with van der Waals surface area (Å²) in [5, 5.41) is 7.04. The Bertz CT molecular complexity index is 873. The molecular formula is C18H16Cl3N3O2S. The molecule has 27 heavy (non-hydrogen) atoms. The van der Waals surface area contributed by atoms with Gasteiger partial charge in [0.15, 0.2) is 5.11 Å².